The summed E-state index contributed by atoms with van der Waals surface area (Å²) in [7, 11) is 0. The summed E-state index contributed by atoms with van der Waals surface area (Å²) in [6, 6.07) is 0. The molecule has 0 spiro atoms. The van der Waals surface area contributed by atoms with Gasteiger partial charge >= 0.3 is 11.9 Å². The average Bonchev–Trinajstić information content (AvgIpc) is 2.86. The molecule has 0 bridgehead atoms. The first kappa shape index (κ1) is 20.4. The molecule has 0 aromatic rings. The Labute approximate surface area is 154 Å². The van der Waals surface area contributed by atoms with Crippen molar-refractivity contribution in [1.82, 2.24) is 0 Å². The van der Waals surface area contributed by atoms with E-state index in [4.69, 9.17) is 14.6 Å². The van der Waals surface area contributed by atoms with Gasteiger partial charge in [0.15, 0.2) is 0 Å². The van der Waals surface area contributed by atoms with Crippen LogP contribution in [0.25, 0.3) is 0 Å². The fourth-order valence-electron chi connectivity index (χ4n) is 3.34. The predicted molar refractivity (Wildman–Crippen MR) is 96.0 cm³/mol. The number of aliphatic hydroxyl groups is 2. The highest BCUT2D eigenvalue weighted by Crippen LogP contribution is 2.36. The van der Waals surface area contributed by atoms with Crippen LogP contribution in [0.15, 0.2) is 35.5 Å². The molecule has 0 aromatic carbocycles. The van der Waals surface area contributed by atoms with Gasteiger partial charge in [-0.1, -0.05) is 25.2 Å². The Bertz CT molecular complexity index is 618. The number of aliphatic hydroxyl groups excluding tert-OH is 2. The lowest BCUT2D eigenvalue weighted by molar-refractivity contribution is -0.153. The molecule has 0 aromatic heterocycles. The van der Waals surface area contributed by atoms with Crippen LogP contribution in [0.5, 0.6) is 0 Å². The Morgan fingerprint density at radius 1 is 1.46 bits per heavy atom. The maximum absolute atomic E-state index is 12.3. The molecule has 2 rings (SSSR count). The van der Waals surface area contributed by atoms with Crippen molar-refractivity contribution < 1.29 is 29.3 Å². The number of carbonyl (C=O) groups is 2. The number of hydrogen-bond donors (Lipinski definition) is 2. The van der Waals surface area contributed by atoms with Gasteiger partial charge in [0.25, 0.3) is 0 Å². The van der Waals surface area contributed by atoms with Crippen LogP contribution in [0.2, 0.25) is 0 Å². The molecule has 1 aliphatic carbocycles. The number of hydrogen-bond acceptors (Lipinski definition) is 6. The number of allylic oxidation sites excluding steroid dienone is 1. The Kier molecular flexibility index (Phi) is 7.17. The van der Waals surface area contributed by atoms with E-state index in [9.17, 15) is 14.7 Å². The average molecular weight is 364 g/mol. The minimum atomic E-state index is -0.601. The van der Waals surface area contributed by atoms with Gasteiger partial charge in [0, 0.05) is 18.6 Å². The van der Waals surface area contributed by atoms with Gasteiger partial charge in [0.2, 0.25) is 0 Å². The summed E-state index contributed by atoms with van der Waals surface area (Å²) in [4.78, 5) is 24.3. The van der Waals surface area contributed by atoms with Crippen molar-refractivity contribution in [1.29, 1.82) is 0 Å². The van der Waals surface area contributed by atoms with Crippen molar-refractivity contribution in [2.24, 2.45) is 11.8 Å². The molecule has 1 heterocycles. The number of ether oxygens (including phenoxy) is 2. The van der Waals surface area contributed by atoms with Crippen molar-refractivity contribution in [3.05, 3.63) is 35.5 Å². The van der Waals surface area contributed by atoms with Gasteiger partial charge in [-0.2, -0.15) is 0 Å². The lowest BCUT2D eigenvalue weighted by atomic mass is 9.85. The lowest BCUT2D eigenvalue weighted by Gasteiger charge is -2.27. The molecule has 1 aliphatic heterocycles. The van der Waals surface area contributed by atoms with E-state index in [0.29, 0.717) is 12.8 Å². The fraction of sp³-hybridized carbons (Fsp3) is 0.600. The zero-order valence-electron chi connectivity index (χ0n) is 15.4. The van der Waals surface area contributed by atoms with Gasteiger partial charge in [-0.3, -0.25) is 4.79 Å². The summed E-state index contributed by atoms with van der Waals surface area (Å²) < 4.78 is 11.1. The van der Waals surface area contributed by atoms with E-state index in [-0.39, 0.29) is 31.1 Å². The number of carbonyl (C=O) groups excluding carboxylic acids is 2. The lowest BCUT2D eigenvalue weighted by Crippen LogP contribution is -2.34. The highest BCUT2D eigenvalue weighted by atomic mass is 16.6. The SMILES string of the molecule is C=C1C(=O)OC2C=C(CO)CCC=C(C)CC(OC(=O)CC(C)CO)C12. The van der Waals surface area contributed by atoms with Gasteiger partial charge in [-0.15, -0.1) is 0 Å². The summed E-state index contributed by atoms with van der Waals surface area (Å²) in [6.45, 7) is 7.35. The normalized spacial score (nSPS) is 27.8. The highest BCUT2D eigenvalue weighted by Gasteiger charge is 2.44. The first-order valence-corrected chi connectivity index (χ1v) is 9.01. The molecule has 1 saturated heterocycles. The zero-order valence-corrected chi connectivity index (χ0v) is 15.4. The number of esters is 2. The van der Waals surface area contributed by atoms with E-state index in [2.05, 4.69) is 12.7 Å². The van der Waals surface area contributed by atoms with Crippen LogP contribution in [0, 0.1) is 11.8 Å². The molecule has 6 nitrogen and oxygen atoms in total. The highest BCUT2D eigenvalue weighted by molar-refractivity contribution is 5.91. The Balaban J connectivity index is 2.30. The largest absolute Gasteiger partial charge is 0.461 e. The van der Waals surface area contributed by atoms with Gasteiger partial charge in [0.1, 0.15) is 12.2 Å². The van der Waals surface area contributed by atoms with E-state index in [1.807, 2.05) is 6.92 Å². The van der Waals surface area contributed by atoms with Gasteiger partial charge in [-0.05, 0) is 37.3 Å². The van der Waals surface area contributed by atoms with Crippen LogP contribution in [-0.2, 0) is 19.1 Å². The molecule has 4 unspecified atom stereocenters. The summed E-state index contributed by atoms with van der Waals surface area (Å²) in [5.74, 6) is -1.60. The van der Waals surface area contributed by atoms with Crippen molar-refractivity contribution in [3.8, 4) is 0 Å². The van der Waals surface area contributed by atoms with E-state index < -0.39 is 30.1 Å². The van der Waals surface area contributed by atoms with Crippen LogP contribution < -0.4 is 0 Å². The minimum absolute atomic E-state index is 0.0956. The van der Waals surface area contributed by atoms with Crippen molar-refractivity contribution in [2.45, 2.75) is 51.7 Å². The molecule has 2 N–H and O–H groups in total. The third kappa shape index (κ3) is 5.05. The Hall–Kier alpha value is -1.92. The van der Waals surface area contributed by atoms with Crippen LogP contribution in [0.1, 0.15) is 39.5 Å². The Morgan fingerprint density at radius 2 is 2.19 bits per heavy atom. The van der Waals surface area contributed by atoms with E-state index >= 15 is 0 Å². The van der Waals surface area contributed by atoms with Crippen LogP contribution in [0.4, 0.5) is 0 Å². The third-order valence-corrected chi connectivity index (χ3v) is 4.86. The molecule has 26 heavy (non-hydrogen) atoms. The summed E-state index contributed by atoms with van der Waals surface area (Å²) in [5, 5.41) is 18.7. The third-order valence-electron chi connectivity index (χ3n) is 4.86. The molecule has 0 amide bonds. The van der Waals surface area contributed by atoms with Crippen molar-refractivity contribution in [2.75, 3.05) is 13.2 Å². The summed E-state index contributed by atoms with van der Waals surface area (Å²) in [5.41, 5.74) is 2.11. The predicted octanol–water partition coefficient (Wildman–Crippen LogP) is 2.06. The van der Waals surface area contributed by atoms with Crippen LogP contribution in [-0.4, -0.2) is 47.6 Å². The summed E-state index contributed by atoms with van der Waals surface area (Å²) >= 11 is 0. The number of fused-ring (bicyclic) bond motifs is 1. The van der Waals surface area contributed by atoms with Crippen molar-refractivity contribution >= 4 is 11.9 Å². The van der Waals surface area contributed by atoms with E-state index in [1.165, 1.54) is 0 Å². The second-order valence-electron chi connectivity index (χ2n) is 7.22. The molecule has 2 aliphatic rings. The molecular formula is C20H28O6. The van der Waals surface area contributed by atoms with E-state index in [1.54, 1.807) is 13.0 Å². The molecule has 0 saturated carbocycles. The minimum Gasteiger partial charge on any atom is -0.461 e. The Morgan fingerprint density at radius 3 is 2.85 bits per heavy atom. The monoisotopic (exact) mass is 364 g/mol. The second-order valence-corrected chi connectivity index (χ2v) is 7.22. The topological polar surface area (TPSA) is 93.1 Å². The van der Waals surface area contributed by atoms with Gasteiger partial charge < -0.3 is 19.7 Å². The fourth-order valence-corrected chi connectivity index (χ4v) is 3.34. The standard InChI is InChI=1S/C20H28O6/c1-12-5-4-6-15(11-22)9-17-19(14(3)20(24)26-17)16(7-12)25-18(23)8-13(2)10-21/h5,9,13,16-17,19,21-22H,3-4,6-8,10-11H2,1-2H3. The maximum atomic E-state index is 12.3. The number of rotatable bonds is 5. The molecular weight excluding hydrogens is 336 g/mol. The van der Waals surface area contributed by atoms with Gasteiger partial charge in [-0.25, -0.2) is 4.79 Å². The van der Waals surface area contributed by atoms with Crippen LogP contribution >= 0.6 is 0 Å². The quantitative estimate of drug-likeness (QED) is 0.441. The first-order chi connectivity index (χ1) is 12.3. The zero-order chi connectivity index (χ0) is 19.3. The second kappa shape index (κ2) is 9.14. The molecule has 144 valence electrons. The van der Waals surface area contributed by atoms with Gasteiger partial charge in [0.05, 0.1) is 18.9 Å². The molecule has 0 radical (unpaired) electrons. The smallest absolute Gasteiger partial charge is 0.334 e. The van der Waals surface area contributed by atoms with Crippen molar-refractivity contribution in [3.63, 3.8) is 0 Å². The molecule has 1 fully saturated rings. The summed E-state index contributed by atoms with van der Waals surface area (Å²) in [6.07, 6.45) is 4.66. The maximum Gasteiger partial charge on any atom is 0.334 e. The molecule has 6 heteroatoms. The van der Waals surface area contributed by atoms with Crippen LogP contribution in [0.3, 0.4) is 0 Å². The first-order valence-electron chi connectivity index (χ1n) is 9.01. The molecule has 4 atom stereocenters. The van der Waals surface area contributed by atoms with E-state index in [0.717, 1.165) is 17.6 Å².